The van der Waals surface area contributed by atoms with Gasteiger partial charge in [-0.2, -0.15) is 0 Å². The van der Waals surface area contributed by atoms with Gasteiger partial charge in [-0.25, -0.2) is 4.98 Å². The molecule has 0 bridgehead atoms. The smallest absolute Gasteiger partial charge is 0.140 e. The highest BCUT2D eigenvalue weighted by Gasteiger charge is 2.18. The fraction of sp³-hybridized carbons (Fsp3) is 0.357. The van der Waals surface area contributed by atoms with Gasteiger partial charge in [0, 0.05) is 11.6 Å². The van der Waals surface area contributed by atoms with Crippen LogP contribution in [0.2, 0.25) is 0 Å². The zero-order valence-corrected chi connectivity index (χ0v) is 11.3. The van der Waals surface area contributed by atoms with Crippen LogP contribution in [0.25, 0.3) is 0 Å². The maximum absolute atomic E-state index is 5.86. The molecule has 0 unspecified atom stereocenters. The molecule has 0 aliphatic carbocycles. The van der Waals surface area contributed by atoms with Crippen molar-refractivity contribution in [2.24, 2.45) is 0 Å². The van der Waals surface area contributed by atoms with Gasteiger partial charge in [-0.05, 0) is 17.0 Å². The lowest BCUT2D eigenvalue weighted by atomic mass is 9.86. The third kappa shape index (κ3) is 3.07. The maximum atomic E-state index is 5.86. The Bertz CT molecular complexity index is 471. The van der Waals surface area contributed by atoms with Crippen LogP contribution in [0.4, 0.5) is 0 Å². The van der Waals surface area contributed by atoms with Gasteiger partial charge in [0.1, 0.15) is 17.4 Å². The lowest BCUT2D eigenvalue weighted by molar-refractivity contribution is 0.297. The van der Waals surface area contributed by atoms with Crippen molar-refractivity contribution in [3.8, 4) is 5.75 Å². The Kier molecular flexibility index (Phi) is 3.48. The number of hydrogen-bond donors (Lipinski definition) is 0. The highest BCUT2D eigenvalue weighted by atomic mass is 32.1. The predicted octanol–water partition coefficient (Wildman–Crippen LogP) is 4.02. The van der Waals surface area contributed by atoms with Crippen LogP contribution in [0, 0.1) is 0 Å². The van der Waals surface area contributed by atoms with Crippen molar-refractivity contribution in [1.82, 2.24) is 4.98 Å². The van der Waals surface area contributed by atoms with Crippen LogP contribution in [0.1, 0.15) is 31.3 Å². The van der Waals surface area contributed by atoms with Gasteiger partial charge in [-0.1, -0.05) is 39.0 Å². The summed E-state index contributed by atoms with van der Waals surface area (Å²) in [7, 11) is 0. The maximum Gasteiger partial charge on any atom is 0.140 e. The van der Waals surface area contributed by atoms with E-state index < -0.39 is 0 Å². The van der Waals surface area contributed by atoms with E-state index in [-0.39, 0.29) is 5.41 Å². The Morgan fingerprint density at radius 3 is 2.65 bits per heavy atom. The summed E-state index contributed by atoms with van der Waals surface area (Å²) >= 11 is 1.62. The highest BCUT2D eigenvalue weighted by molar-refractivity contribution is 7.09. The van der Waals surface area contributed by atoms with Gasteiger partial charge in [-0.3, -0.25) is 0 Å². The van der Waals surface area contributed by atoms with Gasteiger partial charge < -0.3 is 4.74 Å². The van der Waals surface area contributed by atoms with E-state index >= 15 is 0 Å². The van der Waals surface area contributed by atoms with E-state index in [0.29, 0.717) is 6.61 Å². The first-order valence-electron chi connectivity index (χ1n) is 5.68. The zero-order chi connectivity index (χ0) is 12.3. The van der Waals surface area contributed by atoms with E-state index in [1.54, 1.807) is 17.5 Å². The number of para-hydroxylation sites is 1. The summed E-state index contributed by atoms with van der Waals surface area (Å²) in [4.78, 5) is 4.22. The molecular formula is C14H17NOS. The van der Waals surface area contributed by atoms with Crippen LogP contribution in [-0.4, -0.2) is 4.98 Å². The topological polar surface area (TPSA) is 22.1 Å². The van der Waals surface area contributed by atoms with Crippen molar-refractivity contribution in [3.63, 3.8) is 0 Å². The van der Waals surface area contributed by atoms with Gasteiger partial charge in [0.15, 0.2) is 0 Å². The molecule has 0 saturated carbocycles. The lowest BCUT2D eigenvalue weighted by Gasteiger charge is -2.22. The van der Waals surface area contributed by atoms with Gasteiger partial charge in [-0.15, -0.1) is 11.3 Å². The highest BCUT2D eigenvalue weighted by Crippen LogP contribution is 2.31. The third-order valence-corrected chi connectivity index (χ3v) is 3.28. The van der Waals surface area contributed by atoms with Gasteiger partial charge in [0.2, 0.25) is 0 Å². The molecule has 2 aromatic rings. The second-order valence-electron chi connectivity index (χ2n) is 4.96. The van der Waals surface area contributed by atoms with Crippen molar-refractivity contribution in [1.29, 1.82) is 0 Å². The van der Waals surface area contributed by atoms with Crippen LogP contribution in [0.15, 0.2) is 35.8 Å². The fourth-order valence-electron chi connectivity index (χ4n) is 1.68. The summed E-state index contributed by atoms with van der Waals surface area (Å²) in [6.07, 6.45) is 1.80. The normalized spacial score (nSPS) is 11.5. The molecule has 0 aliphatic rings. The molecule has 90 valence electrons. The van der Waals surface area contributed by atoms with Crippen molar-refractivity contribution in [2.45, 2.75) is 32.8 Å². The minimum atomic E-state index is 0.0967. The SMILES string of the molecule is CC(C)(C)c1ccccc1OCc1nccs1. The number of hydrogen-bond acceptors (Lipinski definition) is 3. The molecule has 0 aliphatic heterocycles. The van der Waals surface area contributed by atoms with Crippen LogP contribution >= 0.6 is 11.3 Å². The number of benzene rings is 1. The number of aromatic nitrogens is 1. The average Bonchev–Trinajstić information content (AvgIpc) is 2.78. The minimum Gasteiger partial charge on any atom is -0.486 e. The first-order chi connectivity index (χ1) is 8.07. The molecule has 0 radical (unpaired) electrons. The Hall–Kier alpha value is -1.35. The van der Waals surface area contributed by atoms with E-state index in [0.717, 1.165) is 10.8 Å². The molecule has 17 heavy (non-hydrogen) atoms. The predicted molar refractivity (Wildman–Crippen MR) is 71.6 cm³/mol. The molecular weight excluding hydrogens is 230 g/mol. The molecule has 0 spiro atoms. The Morgan fingerprint density at radius 1 is 1.24 bits per heavy atom. The Morgan fingerprint density at radius 2 is 2.00 bits per heavy atom. The fourth-order valence-corrected chi connectivity index (χ4v) is 2.20. The quantitative estimate of drug-likeness (QED) is 0.817. The van der Waals surface area contributed by atoms with E-state index in [4.69, 9.17) is 4.74 Å². The summed E-state index contributed by atoms with van der Waals surface area (Å²) in [5, 5.41) is 2.97. The summed E-state index contributed by atoms with van der Waals surface area (Å²) in [5.74, 6) is 0.954. The lowest BCUT2D eigenvalue weighted by Crippen LogP contribution is -2.13. The molecule has 0 saturated heterocycles. The largest absolute Gasteiger partial charge is 0.486 e. The molecule has 0 N–H and O–H groups in total. The first-order valence-corrected chi connectivity index (χ1v) is 6.56. The summed E-state index contributed by atoms with van der Waals surface area (Å²) < 4.78 is 5.86. The van der Waals surface area contributed by atoms with Crippen molar-refractivity contribution >= 4 is 11.3 Å². The van der Waals surface area contributed by atoms with E-state index in [1.807, 2.05) is 17.5 Å². The molecule has 0 fully saturated rings. The van der Waals surface area contributed by atoms with Crippen molar-refractivity contribution < 1.29 is 4.74 Å². The molecule has 0 amide bonds. The minimum absolute atomic E-state index is 0.0967. The van der Waals surface area contributed by atoms with Crippen LogP contribution in [0.3, 0.4) is 0 Å². The molecule has 1 aromatic heterocycles. The van der Waals surface area contributed by atoms with Crippen LogP contribution in [-0.2, 0) is 12.0 Å². The summed E-state index contributed by atoms with van der Waals surface area (Å²) in [6, 6.07) is 8.20. The first kappa shape index (κ1) is 12.1. The second-order valence-corrected chi connectivity index (χ2v) is 5.94. The van der Waals surface area contributed by atoms with Crippen molar-refractivity contribution in [2.75, 3.05) is 0 Å². The van der Waals surface area contributed by atoms with Gasteiger partial charge >= 0.3 is 0 Å². The number of thiazole rings is 1. The Labute approximate surface area is 106 Å². The average molecular weight is 247 g/mol. The molecule has 1 heterocycles. The third-order valence-electron chi connectivity index (χ3n) is 2.53. The van der Waals surface area contributed by atoms with Gasteiger partial charge in [0.05, 0.1) is 0 Å². The van der Waals surface area contributed by atoms with Crippen LogP contribution < -0.4 is 4.74 Å². The molecule has 0 atom stereocenters. The monoisotopic (exact) mass is 247 g/mol. The Balaban J connectivity index is 2.16. The number of rotatable bonds is 3. The second kappa shape index (κ2) is 4.88. The summed E-state index contributed by atoms with van der Waals surface area (Å²) in [5.41, 5.74) is 1.33. The van der Waals surface area contributed by atoms with Crippen molar-refractivity contribution in [3.05, 3.63) is 46.4 Å². The van der Waals surface area contributed by atoms with E-state index in [1.165, 1.54) is 5.56 Å². The summed E-state index contributed by atoms with van der Waals surface area (Å²) in [6.45, 7) is 7.13. The van der Waals surface area contributed by atoms with E-state index in [9.17, 15) is 0 Å². The van der Waals surface area contributed by atoms with E-state index in [2.05, 4.69) is 37.9 Å². The molecule has 2 rings (SSSR count). The van der Waals surface area contributed by atoms with Gasteiger partial charge in [0.25, 0.3) is 0 Å². The number of nitrogens with zero attached hydrogens (tertiary/aromatic N) is 1. The number of ether oxygens (including phenoxy) is 1. The molecule has 3 heteroatoms. The zero-order valence-electron chi connectivity index (χ0n) is 10.4. The standard InChI is InChI=1S/C14H17NOS/c1-14(2,3)11-6-4-5-7-12(11)16-10-13-15-8-9-17-13/h4-9H,10H2,1-3H3. The molecule has 1 aromatic carbocycles. The van der Waals surface area contributed by atoms with Crippen LogP contribution in [0.5, 0.6) is 5.75 Å². The molecule has 2 nitrogen and oxygen atoms in total.